The van der Waals surface area contributed by atoms with E-state index in [2.05, 4.69) is 16.0 Å². The summed E-state index contributed by atoms with van der Waals surface area (Å²) >= 11 is 0. The maximum Gasteiger partial charge on any atom is 0.237 e. The van der Waals surface area contributed by atoms with Gasteiger partial charge in [0, 0.05) is 25.9 Å². The SMILES string of the molecule is COCCOc1ccc(NC(=O)CC2NCCNC2=O)cc1. The van der Waals surface area contributed by atoms with Crippen molar-refractivity contribution >= 4 is 17.5 Å². The number of ether oxygens (including phenoxy) is 2. The standard InChI is InChI=1S/C15H21N3O4/c1-21-8-9-22-12-4-2-11(3-5-12)18-14(19)10-13-15(20)17-7-6-16-13/h2-5,13,16H,6-10H2,1H3,(H,17,20)(H,18,19). The molecule has 0 saturated carbocycles. The van der Waals surface area contributed by atoms with Crippen LogP contribution in [-0.4, -0.2) is 51.3 Å². The fourth-order valence-corrected chi connectivity index (χ4v) is 2.09. The first-order valence-corrected chi connectivity index (χ1v) is 7.22. The van der Waals surface area contributed by atoms with Crippen LogP contribution in [0, 0.1) is 0 Å². The minimum absolute atomic E-state index is 0.109. The third kappa shape index (κ3) is 5.01. The van der Waals surface area contributed by atoms with E-state index in [0.29, 0.717) is 37.7 Å². The van der Waals surface area contributed by atoms with Crippen LogP contribution in [0.3, 0.4) is 0 Å². The Hall–Kier alpha value is -2.12. The number of methoxy groups -OCH3 is 1. The second kappa shape index (κ2) is 8.35. The number of benzene rings is 1. The van der Waals surface area contributed by atoms with Crippen LogP contribution in [-0.2, 0) is 14.3 Å². The van der Waals surface area contributed by atoms with Crippen molar-refractivity contribution in [2.45, 2.75) is 12.5 Å². The fraction of sp³-hybridized carbons (Fsp3) is 0.467. The van der Waals surface area contributed by atoms with Crippen molar-refractivity contribution in [3.05, 3.63) is 24.3 Å². The van der Waals surface area contributed by atoms with E-state index >= 15 is 0 Å². The highest BCUT2D eigenvalue weighted by molar-refractivity contribution is 5.95. The van der Waals surface area contributed by atoms with Crippen molar-refractivity contribution in [2.24, 2.45) is 0 Å². The van der Waals surface area contributed by atoms with Crippen LogP contribution in [0.25, 0.3) is 0 Å². The third-order valence-corrected chi connectivity index (χ3v) is 3.22. The molecule has 1 aromatic rings. The molecule has 1 saturated heterocycles. The van der Waals surface area contributed by atoms with E-state index < -0.39 is 6.04 Å². The van der Waals surface area contributed by atoms with Gasteiger partial charge in [0.05, 0.1) is 19.1 Å². The van der Waals surface area contributed by atoms with Gasteiger partial charge in [-0.25, -0.2) is 0 Å². The predicted molar refractivity (Wildman–Crippen MR) is 81.9 cm³/mol. The normalized spacial score (nSPS) is 17.7. The first kappa shape index (κ1) is 16.3. The third-order valence-electron chi connectivity index (χ3n) is 3.22. The maximum absolute atomic E-state index is 11.9. The van der Waals surface area contributed by atoms with E-state index in [9.17, 15) is 9.59 Å². The summed E-state index contributed by atoms with van der Waals surface area (Å²) in [5.74, 6) is 0.370. The summed E-state index contributed by atoms with van der Waals surface area (Å²) in [6, 6.07) is 6.60. The van der Waals surface area contributed by atoms with Crippen LogP contribution in [0.5, 0.6) is 5.75 Å². The van der Waals surface area contributed by atoms with Gasteiger partial charge in [0.25, 0.3) is 0 Å². The zero-order chi connectivity index (χ0) is 15.8. The van der Waals surface area contributed by atoms with Crippen molar-refractivity contribution in [3.8, 4) is 5.75 Å². The number of rotatable bonds is 7. The van der Waals surface area contributed by atoms with Gasteiger partial charge < -0.3 is 25.4 Å². The Morgan fingerprint density at radius 3 is 2.73 bits per heavy atom. The molecule has 0 aliphatic carbocycles. The molecule has 2 amide bonds. The van der Waals surface area contributed by atoms with E-state index in [1.807, 2.05) is 0 Å². The van der Waals surface area contributed by atoms with Gasteiger partial charge in [0.1, 0.15) is 12.4 Å². The van der Waals surface area contributed by atoms with Crippen LogP contribution in [0.1, 0.15) is 6.42 Å². The van der Waals surface area contributed by atoms with Gasteiger partial charge in [-0.3, -0.25) is 9.59 Å². The molecule has 0 radical (unpaired) electrons. The molecule has 1 fully saturated rings. The average molecular weight is 307 g/mol. The summed E-state index contributed by atoms with van der Waals surface area (Å²) in [7, 11) is 1.61. The molecular weight excluding hydrogens is 286 g/mol. The molecule has 7 heteroatoms. The van der Waals surface area contributed by atoms with Crippen molar-refractivity contribution < 1.29 is 19.1 Å². The Labute approximate surface area is 129 Å². The minimum atomic E-state index is -0.467. The lowest BCUT2D eigenvalue weighted by Crippen LogP contribution is -2.53. The zero-order valence-corrected chi connectivity index (χ0v) is 12.6. The Morgan fingerprint density at radius 1 is 1.27 bits per heavy atom. The van der Waals surface area contributed by atoms with E-state index in [0.717, 1.165) is 0 Å². The zero-order valence-electron chi connectivity index (χ0n) is 12.6. The molecule has 2 rings (SSSR count). The summed E-state index contributed by atoms with van der Waals surface area (Å²) in [5, 5.41) is 8.51. The first-order valence-electron chi connectivity index (χ1n) is 7.22. The first-order chi connectivity index (χ1) is 10.7. The Balaban J connectivity index is 1.79. The number of piperazine rings is 1. The number of carbonyl (C=O) groups excluding carboxylic acids is 2. The number of hydrogen-bond donors (Lipinski definition) is 3. The van der Waals surface area contributed by atoms with Gasteiger partial charge in [-0.2, -0.15) is 0 Å². The lowest BCUT2D eigenvalue weighted by atomic mass is 10.1. The van der Waals surface area contributed by atoms with Crippen LogP contribution >= 0.6 is 0 Å². The summed E-state index contributed by atoms with van der Waals surface area (Å²) in [6.07, 6.45) is 0.109. The van der Waals surface area contributed by atoms with E-state index in [1.165, 1.54) is 0 Å². The van der Waals surface area contributed by atoms with Crippen LogP contribution in [0.2, 0.25) is 0 Å². The molecule has 1 aromatic carbocycles. The Morgan fingerprint density at radius 2 is 2.05 bits per heavy atom. The molecule has 120 valence electrons. The highest BCUT2D eigenvalue weighted by Gasteiger charge is 2.23. The largest absolute Gasteiger partial charge is 0.491 e. The molecule has 3 N–H and O–H groups in total. The number of nitrogens with one attached hydrogen (secondary N) is 3. The molecule has 1 aliphatic rings. The molecule has 1 heterocycles. The Bertz CT molecular complexity index is 504. The molecule has 0 bridgehead atoms. The van der Waals surface area contributed by atoms with Gasteiger partial charge in [-0.05, 0) is 24.3 Å². The molecule has 1 unspecified atom stereocenters. The predicted octanol–water partition coefficient (Wildman–Crippen LogP) is 0.128. The highest BCUT2D eigenvalue weighted by Crippen LogP contribution is 2.16. The molecule has 7 nitrogen and oxygen atoms in total. The van der Waals surface area contributed by atoms with E-state index in [4.69, 9.17) is 9.47 Å². The van der Waals surface area contributed by atoms with Gasteiger partial charge in [0.2, 0.25) is 11.8 Å². The van der Waals surface area contributed by atoms with Crippen molar-refractivity contribution in [2.75, 3.05) is 38.7 Å². The van der Waals surface area contributed by atoms with Crippen LogP contribution < -0.4 is 20.7 Å². The lowest BCUT2D eigenvalue weighted by Gasteiger charge is -2.22. The molecule has 1 aliphatic heterocycles. The highest BCUT2D eigenvalue weighted by atomic mass is 16.5. The molecule has 22 heavy (non-hydrogen) atoms. The van der Waals surface area contributed by atoms with Gasteiger partial charge in [-0.15, -0.1) is 0 Å². The lowest BCUT2D eigenvalue weighted by molar-refractivity contribution is -0.127. The quantitative estimate of drug-likeness (QED) is 0.623. The van der Waals surface area contributed by atoms with Gasteiger partial charge in [-0.1, -0.05) is 0 Å². The van der Waals surface area contributed by atoms with E-state index in [-0.39, 0.29) is 18.2 Å². The van der Waals surface area contributed by atoms with Crippen LogP contribution in [0.4, 0.5) is 5.69 Å². The van der Waals surface area contributed by atoms with Crippen molar-refractivity contribution in [1.29, 1.82) is 0 Å². The van der Waals surface area contributed by atoms with Gasteiger partial charge >= 0.3 is 0 Å². The maximum atomic E-state index is 11.9. The smallest absolute Gasteiger partial charge is 0.237 e. The summed E-state index contributed by atoms with van der Waals surface area (Å²) in [5.41, 5.74) is 0.667. The average Bonchev–Trinajstić information content (AvgIpc) is 2.51. The second-order valence-electron chi connectivity index (χ2n) is 4.92. The number of amides is 2. The monoisotopic (exact) mass is 307 g/mol. The topological polar surface area (TPSA) is 88.7 Å². The second-order valence-corrected chi connectivity index (χ2v) is 4.92. The number of carbonyl (C=O) groups is 2. The van der Waals surface area contributed by atoms with E-state index in [1.54, 1.807) is 31.4 Å². The molecule has 1 atom stereocenters. The molecule has 0 spiro atoms. The minimum Gasteiger partial charge on any atom is -0.491 e. The Kier molecular flexibility index (Phi) is 6.17. The summed E-state index contributed by atoms with van der Waals surface area (Å²) < 4.78 is 10.3. The van der Waals surface area contributed by atoms with Crippen molar-refractivity contribution in [3.63, 3.8) is 0 Å². The molecular formula is C15H21N3O4. The molecule has 0 aromatic heterocycles. The van der Waals surface area contributed by atoms with Crippen molar-refractivity contribution in [1.82, 2.24) is 10.6 Å². The summed E-state index contributed by atoms with van der Waals surface area (Å²) in [4.78, 5) is 23.5. The fourth-order valence-electron chi connectivity index (χ4n) is 2.09. The summed E-state index contributed by atoms with van der Waals surface area (Å²) in [6.45, 7) is 2.28. The van der Waals surface area contributed by atoms with Gasteiger partial charge in [0.15, 0.2) is 0 Å². The number of hydrogen-bond acceptors (Lipinski definition) is 5. The van der Waals surface area contributed by atoms with Crippen LogP contribution in [0.15, 0.2) is 24.3 Å². The number of anilines is 1.